The maximum atomic E-state index is 13.9. The predicted octanol–water partition coefficient (Wildman–Crippen LogP) is 5.86. The van der Waals surface area contributed by atoms with E-state index in [4.69, 9.17) is 9.40 Å². The molecule has 1 aliphatic heterocycles. The monoisotopic (exact) mass is 485 g/mol. The van der Waals surface area contributed by atoms with Crippen LogP contribution in [0, 0.1) is 0 Å². The lowest BCUT2D eigenvalue weighted by Gasteiger charge is -2.35. The van der Waals surface area contributed by atoms with E-state index in [0.717, 1.165) is 52.9 Å². The van der Waals surface area contributed by atoms with Gasteiger partial charge in [-0.3, -0.25) is 9.59 Å². The second kappa shape index (κ2) is 9.30. The van der Waals surface area contributed by atoms with Gasteiger partial charge >= 0.3 is 0 Å². The van der Waals surface area contributed by atoms with Crippen molar-refractivity contribution < 1.29 is 14.0 Å². The number of likely N-dealkylation sites (tertiary alicyclic amines) is 1. The van der Waals surface area contributed by atoms with Gasteiger partial charge in [-0.05, 0) is 55.9 Å². The quantitative estimate of drug-likeness (QED) is 0.371. The number of rotatable bonds is 6. The summed E-state index contributed by atoms with van der Waals surface area (Å²) in [5.74, 6) is 0.318. The number of furan rings is 1. The van der Waals surface area contributed by atoms with Crippen molar-refractivity contribution >= 4 is 34.1 Å². The van der Waals surface area contributed by atoms with Crippen LogP contribution in [0.2, 0.25) is 0 Å². The number of benzene rings is 2. The summed E-state index contributed by atoms with van der Waals surface area (Å²) in [5.41, 5.74) is 2.88. The molecule has 4 aromatic rings. The van der Waals surface area contributed by atoms with Gasteiger partial charge in [-0.15, -0.1) is 11.3 Å². The van der Waals surface area contributed by atoms with Crippen molar-refractivity contribution in [3.63, 3.8) is 0 Å². The average Bonchev–Trinajstić information content (AvgIpc) is 3.46. The number of amides is 2. The highest BCUT2D eigenvalue weighted by Crippen LogP contribution is 2.45. The van der Waals surface area contributed by atoms with E-state index in [1.807, 2.05) is 53.4 Å². The molecule has 1 saturated heterocycles. The van der Waals surface area contributed by atoms with Gasteiger partial charge in [0.2, 0.25) is 0 Å². The molecule has 1 N–H and O–H groups in total. The molecule has 1 saturated carbocycles. The van der Waals surface area contributed by atoms with Crippen LogP contribution in [-0.2, 0) is 0 Å². The summed E-state index contributed by atoms with van der Waals surface area (Å²) in [6.07, 6.45) is 6.76. The molecule has 7 heteroatoms. The Balaban J connectivity index is 1.23. The third-order valence-corrected chi connectivity index (χ3v) is 8.20. The molecule has 1 aliphatic carbocycles. The zero-order chi connectivity index (χ0) is 23.8. The molecular weight excluding hydrogens is 458 g/mol. The molecular formula is C28H27N3O3S. The van der Waals surface area contributed by atoms with Crippen LogP contribution in [0.3, 0.4) is 0 Å². The molecule has 6 rings (SSSR count). The molecule has 2 aromatic carbocycles. The van der Waals surface area contributed by atoms with Gasteiger partial charge in [-0.2, -0.15) is 0 Å². The van der Waals surface area contributed by atoms with Crippen molar-refractivity contribution in [1.29, 1.82) is 0 Å². The standard InChI is InChI=1S/C28H27N3O3S/c32-26(22-10-6-11-23-21(22)14-16-34-23)29-17-20-9-4-5-15-31(20)28(33)24-25(18-7-2-1-3-8-18)35-27(30-24)19-12-13-19/h1-3,6-8,10-11,14,16,19-20H,4-5,9,12-13,15,17H2,(H,29,32)/t20-/m0/s1. The van der Waals surface area contributed by atoms with Crippen LogP contribution in [0.15, 0.2) is 65.3 Å². The smallest absolute Gasteiger partial charge is 0.274 e. The SMILES string of the molecule is O=C(NC[C@@H]1CCCCN1C(=O)c1nc(C2CC2)sc1-c1ccccc1)c1cccc2occc12. The fraction of sp³-hybridized carbons (Fsp3) is 0.321. The Kier molecular flexibility index (Phi) is 5.86. The van der Waals surface area contributed by atoms with Crippen molar-refractivity contribution in [3.05, 3.63) is 77.1 Å². The molecule has 2 aromatic heterocycles. The van der Waals surface area contributed by atoms with Crippen molar-refractivity contribution in [2.24, 2.45) is 0 Å². The molecule has 6 nitrogen and oxygen atoms in total. The van der Waals surface area contributed by atoms with E-state index in [1.54, 1.807) is 23.7 Å². The van der Waals surface area contributed by atoms with Crippen molar-refractivity contribution in [2.45, 2.75) is 44.1 Å². The summed E-state index contributed by atoms with van der Waals surface area (Å²) in [6.45, 7) is 1.10. The zero-order valence-electron chi connectivity index (χ0n) is 19.4. The molecule has 0 spiro atoms. The first-order valence-electron chi connectivity index (χ1n) is 12.3. The van der Waals surface area contributed by atoms with Crippen LogP contribution in [0.1, 0.15) is 63.9 Å². The molecule has 0 bridgehead atoms. The fourth-order valence-electron chi connectivity index (χ4n) is 4.89. The average molecular weight is 486 g/mol. The summed E-state index contributed by atoms with van der Waals surface area (Å²) in [4.78, 5) is 34.6. The third-order valence-electron chi connectivity index (χ3n) is 6.94. The number of nitrogens with one attached hydrogen (secondary N) is 1. The highest BCUT2D eigenvalue weighted by molar-refractivity contribution is 7.15. The van der Waals surface area contributed by atoms with E-state index >= 15 is 0 Å². The van der Waals surface area contributed by atoms with Gasteiger partial charge in [0, 0.05) is 30.4 Å². The summed E-state index contributed by atoms with van der Waals surface area (Å²) in [6, 6.07) is 17.3. The number of fused-ring (bicyclic) bond motifs is 1. The number of thiazole rings is 1. The van der Waals surface area contributed by atoms with Crippen LogP contribution in [0.5, 0.6) is 0 Å². The molecule has 2 fully saturated rings. The lowest BCUT2D eigenvalue weighted by Crippen LogP contribution is -2.49. The van der Waals surface area contributed by atoms with Gasteiger partial charge in [0.15, 0.2) is 0 Å². The van der Waals surface area contributed by atoms with Crippen molar-refractivity contribution in [2.75, 3.05) is 13.1 Å². The molecule has 1 atom stereocenters. The Labute approximate surface area is 208 Å². The lowest BCUT2D eigenvalue weighted by molar-refractivity contribution is 0.0598. The number of carbonyl (C=O) groups excluding carboxylic acids is 2. The maximum absolute atomic E-state index is 13.9. The summed E-state index contributed by atoms with van der Waals surface area (Å²) >= 11 is 1.66. The lowest BCUT2D eigenvalue weighted by atomic mass is 10.0. The van der Waals surface area contributed by atoms with E-state index < -0.39 is 0 Å². The van der Waals surface area contributed by atoms with Crippen LogP contribution < -0.4 is 5.32 Å². The molecule has 0 unspecified atom stereocenters. The Morgan fingerprint density at radius 2 is 1.89 bits per heavy atom. The molecule has 2 aliphatic rings. The van der Waals surface area contributed by atoms with E-state index in [1.165, 1.54) is 0 Å². The first kappa shape index (κ1) is 22.0. The highest BCUT2D eigenvalue weighted by Gasteiger charge is 2.34. The first-order valence-corrected chi connectivity index (χ1v) is 13.1. The van der Waals surface area contributed by atoms with Gasteiger partial charge in [-0.25, -0.2) is 4.98 Å². The summed E-state index contributed by atoms with van der Waals surface area (Å²) in [5, 5.41) is 4.94. The number of piperidine rings is 1. The highest BCUT2D eigenvalue weighted by atomic mass is 32.1. The van der Waals surface area contributed by atoms with Crippen LogP contribution in [0.4, 0.5) is 0 Å². The number of hydrogen-bond donors (Lipinski definition) is 1. The van der Waals surface area contributed by atoms with E-state index in [9.17, 15) is 9.59 Å². The van der Waals surface area contributed by atoms with Gasteiger partial charge in [0.25, 0.3) is 11.8 Å². The summed E-state index contributed by atoms with van der Waals surface area (Å²) < 4.78 is 5.43. The Hall–Kier alpha value is -3.45. The van der Waals surface area contributed by atoms with Crippen LogP contribution in [0.25, 0.3) is 21.4 Å². The minimum atomic E-state index is -0.148. The van der Waals surface area contributed by atoms with Gasteiger partial charge in [-0.1, -0.05) is 36.4 Å². The number of hydrogen-bond acceptors (Lipinski definition) is 5. The van der Waals surface area contributed by atoms with Gasteiger partial charge in [0.1, 0.15) is 11.3 Å². The number of carbonyl (C=O) groups is 2. The minimum Gasteiger partial charge on any atom is -0.464 e. The molecule has 3 heterocycles. The minimum absolute atomic E-state index is 0.0251. The normalized spacial score (nSPS) is 18.1. The van der Waals surface area contributed by atoms with Crippen molar-refractivity contribution in [1.82, 2.24) is 15.2 Å². The third kappa shape index (κ3) is 4.36. The summed E-state index contributed by atoms with van der Waals surface area (Å²) in [7, 11) is 0. The number of nitrogens with zero attached hydrogens (tertiary/aromatic N) is 2. The predicted molar refractivity (Wildman–Crippen MR) is 137 cm³/mol. The number of aromatic nitrogens is 1. The second-order valence-electron chi connectivity index (χ2n) is 9.37. The van der Waals surface area contributed by atoms with Gasteiger partial charge in [0.05, 0.1) is 21.7 Å². The van der Waals surface area contributed by atoms with E-state index in [2.05, 4.69) is 5.32 Å². The van der Waals surface area contributed by atoms with Crippen LogP contribution in [-0.4, -0.2) is 40.8 Å². The fourth-order valence-corrected chi connectivity index (χ4v) is 6.12. The molecule has 0 radical (unpaired) electrons. The van der Waals surface area contributed by atoms with E-state index in [0.29, 0.717) is 35.8 Å². The molecule has 35 heavy (non-hydrogen) atoms. The largest absolute Gasteiger partial charge is 0.464 e. The van der Waals surface area contributed by atoms with Crippen molar-refractivity contribution in [3.8, 4) is 10.4 Å². The van der Waals surface area contributed by atoms with Crippen LogP contribution >= 0.6 is 11.3 Å². The maximum Gasteiger partial charge on any atom is 0.274 e. The van der Waals surface area contributed by atoms with E-state index in [-0.39, 0.29) is 17.9 Å². The topological polar surface area (TPSA) is 75.4 Å². The molecule has 178 valence electrons. The zero-order valence-corrected chi connectivity index (χ0v) is 20.2. The Morgan fingerprint density at radius 1 is 1.03 bits per heavy atom. The second-order valence-corrected chi connectivity index (χ2v) is 10.4. The van der Waals surface area contributed by atoms with Gasteiger partial charge < -0.3 is 14.6 Å². The Morgan fingerprint density at radius 3 is 2.71 bits per heavy atom. The Bertz CT molecular complexity index is 1370. The molecule has 2 amide bonds. The first-order chi connectivity index (χ1) is 17.2.